The van der Waals surface area contributed by atoms with E-state index in [9.17, 15) is 0 Å². The minimum Gasteiger partial charge on any atom is -0.301 e. The zero-order chi connectivity index (χ0) is 30.9. The molecular formula is C41H36N2O2. The van der Waals surface area contributed by atoms with Crippen LogP contribution >= 0.6 is 0 Å². The lowest BCUT2D eigenvalue weighted by atomic mass is 9.54. The number of hydrogen-bond donors (Lipinski definition) is 1. The first kappa shape index (κ1) is 27.9. The molecule has 0 bridgehead atoms. The molecule has 1 aliphatic carbocycles. The fourth-order valence-electron chi connectivity index (χ4n) is 8.61. The Morgan fingerprint density at radius 3 is 2.11 bits per heavy atom. The van der Waals surface area contributed by atoms with E-state index in [0.717, 1.165) is 44.2 Å². The van der Waals surface area contributed by atoms with Crippen molar-refractivity contribution < 1.29 is 9.59 Å². The van der Waals surface area contributed by atoms with Gasteiger partial charge in [0, 0.05) is 36.2 Å². The maximum atomic E-state index is 15.7. The number of benzene rings is 5. The summed E-state index contributed by atoms with van der Waals surface area (Å²) in [6.45, 7) is 5.12. The monoisotopic (exact) mass is 588 g/mol. The predicted octanol–water partition coefficient (Wildman–Crippen LogP) is 7.56. The van der Waals surface area contributed by atoms with E-state index in [1.165, 1.54) is 5.56 Å². The van der Waals surface area contributed by atoms with E-state index in [2.05, 4.69) is 110 Å². The van der Waals surface area contributed by atoms with E-state index >= 15 is 9.59 Å². The summed E-state index contributed by atoms with van der Waals surface area (Å²) < 4.78 is 0. The molecule has 45 heavy (non-hydrogen) atoms. The van der Waals surface area contributed by atoms with Crippen LogP contribution in [0, 0.1) is 19.3 Å². The predicted molar refractivity (Wildman–Crippen MR) is 180 cm³/mol. The molecule has 0 unspecified atom stereocenters. The molecule has 4 nitrogen and oxygen atoms in total. The standard InChI is InChI=1S/C41H36N2O2/c1-26-15-19-28(20-16-26)23-32-24-43(3)25-40(38(32)44)36(30-21-17-27(2)18-22-30)37(31-9-5-4-6-10-31)42-41(40)34-14-8-12-29-11-7-13-33(35(29)34)39(41)45/h4-23,36-37,42H,24-25H2,1-3H3/b32-23+/t36-,37-,40-,41-/m0/s1. The number of piperidine rings is 1. The summed E-state index contributed by atoms with van der Waals surface area (Å²) in [6.07, 6.45) is 2.04. The average molecular weight is 589 g/mol. The van der Waals surface area contributed by atoms with Gasteiger partial charge in [0.15, 0.2) is 11.6 Å². The Hall–Kier alpha value is -4.64. The van der Waals surface area contributed by atoms with Crippen LogP contribution in [0.4, 0.5) is 0 Å². The fraction of sp³-hybridized carbons (Fsp3) is 0.220. The largest absolute Gasteiger partial charge is 0.301 e. The van der Waals surface area contributed by atoms with Crippen molar-refractivity contribution in [3.05, 3.63) is 160 Å². The topological polar surface area (TPSA) is 49.4 Å². The molecule has 1 N–H and O–H groups in total. The van der Waals surface area contributed by atoms with Crippen LogP contribution in [0.15, 0.2) is 121 Å². The van der Waals surface area contributed by atoms with Crippen LogP contribution in [0.5, 0.6) is 0 Å². The van der Waals surface area contributed by atoms with Crippen molar-refractivity contribution in [1.29, 1.82) is 0 Å². The first-order valence-electron chi connectivity index (χ1n) is 15.8. The second-order valence-corrected chi connectivity index (χ2v) is 13.3. The Morgan fingerprint density at radius 1 is 0.733 bits per heavy atom. The lowest BCUT2D eigenvalue weighted by Crippen LogP contribution is -2.64. The second-order valence-electron chi connectivity index (χ2n) is 13.3. The van der Waals surface area contributed by atoms with Crippen LogP contribution in [0.2, 0.25) is 0 Å². The molecule has 3 aliphatic rings. The maximum absolute atomic E-state index is 15.7. The summed E-state index contributed by atoms with van der Waals surface area (Å²) in [5.41, 5.74) is 5.40. The van der Waals surface area contributed by atoms with Crippen LogP contribution in [0.1, 0.15) is 55.7 Å². The number of likely N-dealkylation sites (tertiary alicyclic amines) is 1. The number of fused-ring (bicyclic) bond motifs is 2. The van der Waals surface area contributed by atoms with Gasteiger partial charge in [-0.1, -0.05) is 126 Å². The molecule has 2 saturated heterocycles. The van der Waals surface area contributed by atoms with Crippen molar-refractivity contribution >= 4 is 28.4 Å². The lowest BCUT2D eigenvalue weighted by Gasteiger charge is -2.50. The molecule has 0 amide bonds. The summed E-state index contributed by atoms with van der Waals surface area (Å²) >= 11 is 0. The van der Waals surface area contributed by atoms with Gasteiger partial charge in [-0.25, -0.2) is 0 Å². The van der Waals surface area contributed by atoms with E-state index < -0.39 is 11.0 Å². The molecule has 2 aliphatic heterocycles. The number of nitrogens with one attached hydrogen (secondary N) is 1. The Bertz CT molecular complexity index is 2010. The van der Waals surface area contributed by atoms with Gasteiger partial charge in [-0.05, 0) is 60.0 Å². The quantitative estimate of drug-likeness (QED) is 0.221. The number of aryl methyl sites for hydroxylation is 2. The molecular weight excluding hydrogens is 552 g/mol. The van der Waals surface area contributed by atoms with E-state index in [0.29, 0.717) is 18.7 Å². The van der Waals surface area contributed by atoms with Gasteiger partial charge in [-0.2, -0.15) is 0 Å². The summed E-state index contributed by atoms with van der Waals surface area (Å²) in [5, 5.41) is 5.96. The Balaban J connectivity index is 1.46. The van der Waals surface area contributed by atoms with Gasteiger partial charge < -0.3 is 4.90 Å². The van der Waals surface area contributed by atoms with Crippen LogP contribution in [0.3, 0.4) is 0 Å². The lowest BCUT2D eigenvalue weighted by molar-refractivity contribution is -0.132. The fourth-order valence-corrected chi connectivity index (χ4v) is 8.61. The molecule has 2 spiro atoms. The Labute approximate surface area is 264 Å². The van der Waals surface area contributed by atoms with Gasteiger partial charge in [-0.15, -0.1) is 0 Å². The average Bonchev–Trinajstić information content (AvgIpc) is 3.49. The van der Waals surface area contributed by atoms with E-state index in [4.69, 9.17) is 0 Å². The SMILES string of the molecule is Cc1ccc(/C=C2\CN(C)C[C@@]3(C2=O)[C@@H](c2ccc(C)cc2)[C@H](c2ccccc2)N[C@@]32C(=O)c3cccc4cccc2c34)cc1. The van der Waals surface area contributed by atoms with Gasteiger partial charge in [0.25, 0.3) is 0 Å². The highest BCUT2D eigenvalue weighted by atomic mass is 16.1. The Kier molecular flexibility index (Phi) is 6.32. The van der Waals surface area contributed by atoms with Crippen LogP contribution in [-0.4, -0.2) is 36.6 Å². The molecule has 4 heteroatoms. The first-order valence-corrected chi connectivity index (χ1v) is 15.8. The number of carbonyl (C=O) groups is 2. The van der Waals surface area contributed by atoms with Gasteiger partial charge in [0.05, 0.1) is 5.41 Å². The van der Waals surface area contributed by atoms with Gasteiger partial charge >= 0.3 is 0 Å². The van der Waals surface area contributed by atoms with Gasteiger partial charge in [0.1, 0.15) is 5.54 Å². The summed E-state index contributed by atoms with van der Waals surface area (Å²) in [6, 6.07) is 39.1. The molecule has 2 fully saturated rings. The third-order valence-electron chi connectivity index (χ3n) is 10.5. The highest BCUT2D eigenvalue weighted by Gasteiger charge is 2.74. The van der Waals surface area contributed by atoms with Crippen molar-refractivity contribution in [3.63, 3.8) is 0 Å². The minimum atomic E-state index is -1.26. The zero-order valence-electron chi connectivity index (χ0n) is 25.9. The number of rotatable bonds is 3. The molecule has 5 aromatic carbocycles. The second kappa shape index (κ2) is 10.2. The smallest absolute Gasteiger partial charge is 0.189 e. The molecule has 5 aromatic rings. The third kappa shape index (κ3) is 3.92. The first-order chi connectivity index (χ1) is 21.8. The normalized spacial score (nSPS) is 27.0. The van der Waals surface area contributed by atoms with Gasteiger partial charge in [0.2, 0.25) is 0 Å². The zero-order valence-corrected chi connectivity index (χ0v) is 25.9. The summed E-state index contributed by atoms with van der Waals surface area (Å²) in [5.74, 6) is -0.273. The van der Waals surface area contributed by atoms with Crippen molar-refractivity contribution in [2.45, 2.75) is 31.3 Å². The van der Waals surface area contributed by atoms with Crippen molar-refractivity contribution in [1.82, 2.24) is 10.2 Å². The number of nitrogens with zero attached hydrogens (tertiary/aromatic N) is 1. The highest BCUT2D eigenvalue weighted by molar-refractivity contribution is 6.24. The molecule has 0 saturated carbocycles. The van der Waals surface area contributed by atoms with Crippen LogP contribution < -0.4 is 5.32 Å². The molecule has 4 atom stereocenters. The van der Waals surface area contributed by atoms with E-state index in [1.54, 1.807) is 0 Å². The molecule has 0 aromatic heterocycles. The van der Waals surface area contributed by atoms with Gasteiger partial charge in [-0.3, -0.25) is 14.9 Å². The Morgan fingerprint density at radius 2 is 1.40 bits per heavy atom. The number of hydrogen-bond acceptors (Lipinski definition) is 4. The molecule has 2 heterocycles. The number of Topliss-reactive ketones (excluding diaryl/α,β-unsaturated/α-hetero) is 2. The molecule has 0 radical (unpaired) electrons. The van der Waals surface area contributed by atoms with Crippen molar-refractivity contribution in [3.8, 4) is 0 Å². The highest BCUT2D eigenvalue weighted by Crippen LogP contribution is 2.66. The van der Waals surface area contributed by atoms with E-state index in [-0.39, 0.29) is 23.5 Å². The number of carbonyl (C=O) groups excluding carboxylic acids is 2. The summed E-state index contributed by atoms with van der Waals surface area (Å²) in [7, 11) is 2.08. The minimum absolute atomic E-state index is 0.0109. The number of ketones is 2. The summed E-state index contributed by atoms with van der Waals surface area (Å²) in [4.78, 5) is 33.2. The van der Waals surface area contributed by atoms with Crippen molar-refractivity contribution in [2.75, 3.05) is 20.1 Å². The molecule has 8 rings (SSSR count). The van der Waals surface area contributed by atoms with Crippen LogP contribution in [0.25, 0.3) is 16.8 Å². The number of likely N-dealkylation sites (N-methyl/N-ethyl adjacent to an activating group) is 1. The van der Waals surface area contributed by atoms with E-state index in [1.807, 2.05) is 42.5 Å². The van der Waals surface area contributed by atoms with Crippen LogP contribution in [-0.2, 0) is 10.3 Å². The third-order valence-corrected chi connectivity index (χ3v) is 10.5. The molecule has 222 valence electrons. The van der Waals surface area contributed by atoms with Crippen molar-refractivity contribution in [2.24, 2.45) is 5.41 Å². The maximum Gasteiger partial charge on any atom is 0.189 e.